The zero-order valence-corrected chi connectivity index (χ0v) is 12.5. The normalized spacial score (nSPS) is 10.3. The lowest BCUT2D eigenvalue weighted by Gasteiger charge is -2.12. The van der Waals surface area contributed by atoms with Gasteiger partial charge in [0.2, 0.25) is 0 Å². The highest BCUT2D eigenvalue weighted by atomic mass is 79.9. The van der Waals surface area contributed by atoms with Crippen molar-refractivity contribution in [3.05, 3.63) is 52.0 Å². The number of carbonyl (C=O) groups excluding carboxylic acids is 1. The SMILES string of the molecule is COC(=O)c1cc(Nc2ccc(F)cc2Br)c(F)cc1N. The Labute approximate surface area is 128 Å². The number of nitrogens with one attached hydrogen (secondary N) is 1. The molecule has 0 atom stereocenters. The molecule has 0 aliphatic heterocycles. The number of hydrogen-bond donors (Lipinski definition) is 2. The molecule has 2 rings (SSSR count). The van der Waals surface area contributed by atoms with Gasteiger partial charge in [-0.2, -0.15) is 0 Å². The Bertz CT molecular complexity index is 708. The molecule has 7 heteroatoms. The first-order valence-electron chi connectivity index (χ1n) is 5.81. The first kappa shape index (κ1) is 15.2. The van der Waals surface area contributed by atoms with E-state index >= 15 is 0 Å². The molecule has 0 aromatic heterocycles. The van der Waals surface area contributed by atoms with Crippen LogP contribution < -0.4 is 11.1 Å². The van der Waals surface area contributed by atoms with Crippen LogP contribution in [-0.4, -0.2) is 13.1 Å². The fourth-order valence-corrected chi connectivity index (χ4v) is 2.16. The molecule has 2 aromatic carbocycles. The number of hydrogen-bond acceptors (Lipinski definition) is 4. The number of benzene rings is 2. The fraction of sp³-hybridized carbons (Fsp3) is 0.0714. The number of methoxy groups -OCH3 is 1. The highest BCUT2D eigenvalue weighted by Gasteiger charge is 2.15. The monoisotopic (exact) mass is 356 g/mol. The van der Waals surface area contributed by atoms with Crippen LogP contribution in [0.4, 0.5) is 25.8 Å². The Hall–Kier alpha value is -2.15. The van der Waals surface area contributed by atoms with E-state index in [9.17, 15) is 13.6 Å². The van der Waals surface area contributed by atoms with Crippen molar-refractivity contribution in [1.82, 2.24) is 0 Å². The summed E-state index contributed by atoms with van der Waals surface area (Å²) in [6.07, 6.45) is 0. The van der Waals surface area contributed by atoms with Gasteiger partial charge in [0.05, 0.1) is 24.0 Å². The smallest absolute Gasteiger partial charge is 0.340 e. The molecule has 0 saturated heterocycles. The molecule has 0 saturated carbocycles. The van der Waals surface area contributed by atoms with Crippen molar-refractivity contribution >= 4 is 39.0 Å². The first-order chi connectivity index (χ1) is 9.92. The van der Waals surface area contributed by atoms with Gasteiger partial charge in [0, 0.05) is 10.2 Å². The van der Waals surface area contributed by atoms with E-state index in [1.807, 2.05) is 0 Å². The maximum absolute atomic E-state index is 13.9. The molecular formula is C14H11BrF2N2O2. The number of nitrogen functional groups attached to an aromatic ring is 1. The van der Waals surface area contributed by atoms with Crippen molar-refractivity contribution in [1.29, 1.82) is 0 Å². The van der Waals surface area contributed by atoms with Crippen LogP contribution in [0.2, 0.25) is 0 Å². The second-order valence-corrected chi connectivity index (χ2v) is 5.01. The van der Waals surface area contributed by atoms with Crippen LogP contribution in [-0.2, 0) is 4.74 Å². The fourth-order valence-electron chi connectivity index (χ4n) is 1.71. The predicted molar refractivity (Wildman–Crippen MR) is 79.5 cm³/mol. The number of anilines is 3. The molecule has 4 nitrogen and oxygen atoms in total. The second kappa shape index (κ2) is 6.09. The number of esters is 1. The summed E-state index contributed by atoms with van der Waals surface area (Å²) in [5, 5.41) is 2.76. The number of rotatable bonds is 3. The number of ether oxygens (including phenoxy) is 1. The van der Waals surface area contributed by atoms with Crippen LogP contribution in [0.3, 0.4) is 0 Å². The number of carbonyl (C=O) groups is 1. The maximum atomic E-state index is 13.9. The van der Waals surface area contributed by atoms with Gasteiger partial charge in [-0.05, 0) is 46.3 Å². The third kappa shape index (κ3) is 3.30. The van der Waals surface area contributed by atoms with E-state index in [1.165, 1.54) is 31.4 Å². The van der Waals surface area contributed by atoms with Crippen molar-refractivity contribution in [3.8, 4) is 0 Å². The van der Waals surface area contributed by atoms with Gasteiger partial charge in [0.1, 0.15) is 11.6 Å². The summed E-state index contributed by atoms with van der Waals surface area (Å²) in [5.74, 6) is -1.74. The number of nitrogens with two attached hydrogens (primary N) is 1. The third-order valence-corrected chi connectivity index (χ3v) is 3.40. The van der Waals surface area contributed by atoms with Crippen LogP contribution >= 0.6 is 15.9 Å². The largest absolute Gasteiger partial charge is 0.465 e. The van der Waals surface area contributed by atoms with Crippen LogP contribution in [0.5, 0.6) is 0 Å². The molecule has 0 aliphatic carbocycles. The predicted octanol–water partition coefficient (Wildman–Crippen LogP) is 3.84. The van der Waals surface area contributed by atoms with Gasteiger partial charge in [-0.3, -0.25) is 0 Å². The highest BCUT2D eigenvalue weighted by Crippen LogP contribution is 2.30. The average molecular weight is 357 g/mol. The lowest BCUT2D eigenvalue weighted by molar-refractivity contribution is 0.0602. The van der Waals surface area contributed by atoms with E-state index in [2.05, 4.69) is 26.0 Å². The zero-order valence-electron chi connectivity index (χ0n) is 10.9. The van der Waals surface area contributed by atoms with Gasteiger partial charge < -0.3 is 15.8 Å². The van der Waals surface area contributed by atoms with Crippen molar-refractivity contribution in [3.63, 3.8) is 0 Å². The summed E-state index contributed by atoms with van der Waals surface area (Å²) < 4.78 is 31.9. The van der Waals surface area contributed by atoms with Crippen LogP contribution in [0, 0.1) is 11.6 Å². The molecule has 0 aliphatic rings. The van der Waals surface area contributed by atoms with Gasteiger partial charge in [-0.15, -0.1) is 0 Å². The molecule has 0 radical (unpaired) electrons. The van der Waals surface area contributed by atoms with E-state index in [4.69, 9.17) is 5.73 Å². The topological polar surface area (TPSA) is 64.3 Å². The Morgan fingerprint density at radius 1 is 1.24 bits per heavy atom. The molecular weight excluding hydrogens is 346 g/mol. The van der Waals surface area contributed by atoms with Crippen LogP contribution in [0.15, 0.2) is 34.8 Å². The van der Waals surface area contributed by atoms with E-state index in [1.54, 1.807) is 0 Å². The molecule has 110 valence electrons. The van der Waals surface area contributed by atoms with Gasteiger partial charge in [0.25, 0.3) is 0 Å². The van der Waals surface area contributed by atoms with E-state index in [0.717, 1.165) is 6.07 Å². The molecule has 0 fully saturated rings. The van der Waals surface area contributed by atoms with Crippen molar-refractivity contribution in [2.75, 3.05) is 18.2 Å². The molecule has 2 aromatic rings. The Kier molecular flexibility index (Phi) is 4.42. The molecule has 21 heavy (non-hydrogen) atoms. The minimum atomic E-state index is -0.672. The number of halogens is 3. The quantitative estimate of drug-likeness (QED) is 0.647. The minimum absolute atomic E-state index is 0.0249. The summed E-state index contributed by atoms with van der Waals surface area (Å²) >= 11 is 3.16. The lowest BCUT2D eigenvalue weighted by Crippen LogP contribution is -2.08. The molecule has 3 N–H and O–H groups in total. The molecule has 0 bridgehead atoms. The van der Waals surface area contributed by atoms with Gasteiger partial charge in [-0.25, -0.2) is 13.6 Å². The van der Waals surface area contributed by atoms with E-state index < -0.39 is 17.6 Å². The zero-order chi connectivity index (χ0) is 15.6. The molecule has 0 unspecified atom stereocenters. The lowest BCUT2D eigenvalue weighted by atomic mass is 10.1. The van der Waals surface area contributed by atoms with Crippen molar-refractivity contribution in [2.45, 2.75) is 0 Å². The highest BCUT2D eigenvalue weighted by molar-refractivity contribution is 9.10. The molecule has 0 heterocycles. The minimum Gasteiger partial charge on any atom is -0.465 e. The summed E-state index contributed by atoms with van der Waals surface area (Å²) in [6.45, 7) is 0. The summed E-state index contributed by atoms with van der Waals surface area (Å²) in [5.41, 5.74) is 6.06. The van der Waals surface area contributed by atoms with Crippen molar-refractivity contribution < 1.29 is 18.3 Å². The Balaban J connectivity index is 2.42. The summed E-state index contributed by atoms with van der Waals surface area (Å²) in [6, 6.07) is 6.16. The standard InChI is InChI=1S/C14H11BrF2N2O2/c1-21-14(20)8-5-13(10(17)6-11(8)18)19-12-3-2-7(16)4-9(12)15/h2-6,19H,18H2,1H3. The van der Waals surface area contributed by atoms with Gasteiger partial charge in [0.15, 0.2) is 0 Å². The molecule has 0 amide bonds. The first-order valence-corrected chi connectivity index (χ1v) is 6.61. The second-order valence-electron chi connectivity index (χ2n) is 4.16. The Morgan fingerprint density at radius 2 is 1.95 bits per heavy atom. The summed E-state index contributed by atoms with van der Waals surface area (Å²) in [4.78, 5) is 11.6. The van der Waals surface area contributed by atoms with E-state index in [-0.39, 0.29) is 16.9 Å². The third-order valence-electron chi connectivity index (χ3n) is 2.74. The maximum Gasteiger partial charge on any atom is 0.340 e. The Morgan fingerprint density at radius 3 is 2.57 bits per heavy atom. The average Bonchev–Trinajstić information content (AvgIpc) is 2.43. The summed E-state index contributed by atoms with van der Waals surface area (Å²) in [7, 11) is 1.20. The van der Waals surface area contributed by atoms with Crippen LogP contribution in [0.25, 0.3) is 0 Å². The van der Waals surface area contributed by atoms with Gasteiger partial charge >= 0.3 is 5.97 Å². The van der Waals surface area contributed by atoms with Gasteiger partial charge in [-0.1, -0.05) is 0 Å². The van der Waals surface area contributed by atoms with Crippen molar-refractivity contribution in [2.24, 2.45) is 0 Å². The van der Waals surface area contributed by atoms with Crippen LogP contribution in [0.1, 0.15) is 10.4 Å². The van der Waals surface area contributed by atoms with E-state index in [0.29, 0.717) is 10.2 Å². The molecule has 0 spiro atoms.